The first kappa shape index (κ1) is 27.0. The standard InChI is InChI=1S/C20H27F3N2O2.2CH2O2/c21-20(22,23)17-3-1-14(2-4-17)11-24-12-15-9-18(19(26)10-16(15)13-24)25-5-7-27-8-6-25;2*2-1-3/h1-4,15-16,18-19,26H,5-13H2;2*1H,(H,2,3)/t15-,16+,18-,19-;;/m1../s1. The molecule has 11 heteroatoms. The van der Waals surface area contributed by atoms with Gasteiger partial charge >= 0.3 is 6.18 Å². The third kappa shape index (κ3) is 7.95. The number of aliphatic hydroxyl groups is 1. The molecule has 2 saturated heterocycles. The topological polar surface area (TPSA) is 111 Å². The number of carboxylic acid groups (broad SMARTS) is 2. The summed E-state index contributed by atoms with van der Waals surface area (Å²) >= 11 is 0. The number of likely N-dealkylation sites (tertiary alicyclic amines) is 1. The smallest absolute Gasteiger partial charge is 0.416 e. The third-order valence-electron chi connectivity index (χ3n) is 6.39. The molecule has 0 unspecified atom stereocenters. The summed E-state index contributed by atoms with van der Waals surface area (Å²) in [7, 11) is 0. The Bertz CT molecular complexity index is 722. The van der Waals surface area contributed by atoms with Gasteiger partial charge in [0.2, 0.25) is 0 Å². The summed E-state index contributed by atoms with van der Waals surface area (Å²) in [6, 6.07) is 5.70. The lowest BCUT2D eigenvalue weighted by molar-refractivity contribution is -0.137. The number of morpholine rings is 1. The summed E-state index contributed by atoms with van der Waals surface area (Å²) in [5.41, 5.74) is 0.310. The van der Waals surface area contributed by atoms with Crippen LogP contribution in [0.25, 0.3) is 0 Å². The summed E-state index contributed by atoms with van der Waals surface area (Å²) in [6.07, 6.45) is -2.77. The van der Waals surface area contributed by atoms with E-state index in [0.717, 1.165) is 69.9 Å². The number of rotatable bonds is 3. The van der Waals surface area contributed by atoms with Crippen molar-refractivity contribution >= 4 is 12.9 Å². The van der Waals surface area contributed by atoms with Gasteiger partial charge in [-0.3, -0.25) is 19.4 Å². The molecule has 8 nitrogen and oxygen atoms in total. The molecule has 33 heavy (non-hydrogen) atoms. The van der Waals surface area contributed by atoms with E-state index in [4.69, 9.17) is 24.5 Å². The van der Waals surface area contributed by atoms with Gasteiger partial charge in [-0.15, -0.1) is 0 Å². The number of nitrogens with zero attached hydrogens (tertiary/aromatic N) is 2. The van der Waals surface area contributed by atoms with Crippen molar-refractivity contribution in [2.45, 2.75) is 37.7 Å². The Labute approximate surface area is 190 Å². The van der Waals surface area contributed by atoms with Gasteiger partial charge < -0.3 is 20.1 Å². The van der Waals surface area contributed by atoms with Crippen molar-refractivity contribution in [2.24, 2.45) is 11.8 Å². The fourth-order valence-corrected chi connectivity index (χ4v) is 4.99. The van der Waals surface area contributed by atoms with Crippen molar-refractivity contribution < 1.29 is 42.8 Å². The number of halogens is 3. The van der Waals surface area contributed by atoms with Crippen molar-refractivity contribution in [1.29, 1.82) is 0 Å². The van der Waals surface area contributed by atoms with Gasteiger partial charge in [0.25, 0.3) is 12.9 Å². The second-order valence-corrected chi connectivity index (χ2v) is 8.37. The molecule has 3 fully saturated rings. The monoisotopic (exact) mass is 476 g/mol. The highest BCUT2D eigenvalue weighted by atomic mass is 19.4. The highest BCUT2D eigenvalue weighted by Crippen LogP contribution is 2.39. The SMILES string of the molecule is O=CO.O=CO.O[C@@H]1C[C@H]2CN(Cc3ccc(C(F)(F)F)cc3)C[C@H]2C[C@H]1N1CCOCC1. The molecule has 3 aliphatic rings. The quantitative estimate of drug-likeness (QED) is 0.569. The van der Waals surface area contributed by atoms with Crippen LogP contribution in [0.2, 0.25) is 0 Å². The van der Waals surface area contributed by atoms with Gasteiger partial charge in [-0.05, 0) is 42.4 Å². The van der Waals surface area contributed by atoms with Crippen molar-refractivity contribution in [3.05, 3.63) is 35.4 Å². The number of aliphatic hydroxyl groups excluding tert-OH is 1. The summed E-state index contributed by atoms with van der Waals surface area (Å²) in [4.78, 5) is 21.4. The first-order valence-corrected chi connectivity index (χ1v) is 10.8. The second-order valence-electron chi connectivity index (χ2n) is 8.37. The molecule has 2 heterocycles. The van der Waals surface area contributed by atoms with Gasteiger partial charge in [-0.2, -0.15) is 13.2 Å². The van der Waals surface area contributed by atoms with E-state index in [9.17, 15) is 18.3 Å². The first-order valence-electron chi connectivity index (χ1n) is 10.8. The van der Waals surface area contributed by atoms with Gasteiger partial charge in [0.05, 0.1) is 24.9 Å². The molecule has 1 saturated carbocycles. The predicted octanol–water partition coefficient (Wildman–Crippen LogP) is 2.01. The molecule has 0 radical (unpaired) electrons. The first-order chi connectivity index (χ1) is 15.7. The van der Waals surface area contributed by atoms with Crippen LogP contribution in [0.15, 0.2) is 24.3 Å². The molecule has 0 bridgehead atoms. The number of carbonyl (C=O) groups is 2. The minimum atomic E-state index is -4.29. The van der Waals surface area contributed by atoms with E-state index in [-0.39, 0.29) is 25.1 Å². The van der Waals surface area contributed by atoms with Gasteiger partial charge in [-0.1, -0.05) is 12.1 Å². The van der Waals surface area contributed by atoms with Gasteiger partial charge in [-0.25, -0.2) is 0 Å². The molecule has 3 N–H and O–H groups in total. The number of fused-ring (bicyclic) bond motifs is 1. The molecule has 0 spiro atoms. The molecule has 0 aromatic heterocycles. The maximum Gasteiger partial charge on any atom is 0.416 e. The van der Waals surface area contributed by atoms with E-state index in [1.54, 1.807) is 12.1 Å². The lowest BCUT2D eigenvalue weighted by atomic mass is 9.77. The fourth-order valence-electron chi connectivity index (χ4n) is 4.99. The molecule has 4 rings (SSSR count). The zero-order valence-corrected chi connectivity index (χ0v) is 18.2. The van der Waals surface area contributed by atoms with Crippen molar-refractivity contribution in [3.63, 3.8) is 0 Å². The number of ether oxygens (including phenoxy) is 1. The highest BCUT2D eigenvalue weighted by molar-refractivity contribution is 5.33. The molecule has 0 amide bonds. The Hall–Kier alpha value is -2.21. The van der Waals surface area contributed by atoms with E-state index in [1.165, 1.54) is 0 Å². The molecular weight excluding hydrogens is 445 g/mol. The molecule has 1 aliphatic carbocycles. The van der Waals surface area contributed by atoms with Crippen LogP contribution in [0, 0.1) is 11.8 Å². The fraction of sp³-hybridized carbons (Fsp3) is 0.636. The van der Waals surface area contributed by atoms with Crippen LogP contribution in [-0.4, -0.2) is 89.6 Å². The lowest BCUT2D eigenvalue weighted by Gasteiger charge is -2.43. The van der Waals surface area contributed by atoms with Crippen LogP contribution in [-0.2, 0) is 27.0 Å². The van der Waals surface area contributed by atoms with Crippen molar-refractivity contribution in [2.75, 3.05) is 39.4 Å². The Morgan fingerprint density at radius 2 is 1.48 bits per heavy atom. The Kier molecular flexibility index (Phi) is 10.6. The van der Waals surface area contributed by atoms with Crippen LogP contribution >= 0.6 is 0 Å². The summed E-state index contributed by atoms with van der Waals surface area (Å²) in [5, 5.41) is 24.4. The Balaban J connectivity index is 0.000000582. The summed E-state index contributed by atoms with van der Waals surface area (Å²) < 4.78 is 43.5. The minimum absolute atomic E-state index is 0.209. The minimum Gasteiger partial charge on any atom is -0.483 e. The molecule has 4 atom stereocenters. The highest BCUT2D eigenvalue weighted by Gasteiger charge is 2.43. The third-order valence-corrected chi connectivity index (χ3v) is 6.39. The number of alkyl halides is 3. The van der Waals surface area contributed by atoms with Crippen LogP contribution in [0.5, 0.6) is 0 Å². The van der Waals surface area contributed by atoms with E-state index in [0.29, 0.717) is 18.4 Å². The summed E-state index contributed by atoms with van der Waals surface area (Å²) in [6.45, 7) is 5.28. The second kappa shape index (κ2) is 12.9. The zero-order chi connectivity index (χ0) is 24.4. The van der Waals surface area contributed by atoms with Gasteiger partial charge in [0, 0.05) is 38.8 Å². The van der Waals surface area contributed by atoms with Crippen LogP contribution in [0.1, 0.15) is 24.0 Å². The molecule has 186 valence electrons. The van der Waals surface area contributed by atoms with Crippen molar-refractivity contribution in [1.82, 2.24) is 9.80 Å². The maximum atomic E-state index is 12.7. The van der Waals surface area contributed by atoms with E-state index in [1.807, 2.05) is 0 Å². The Morgan fingerprint density at radius 1 is 0.970 bits per heavy atom. The molecule has 1 aromatic rings. The van der Waals surface area contributed by atoms with Gasteiger partial charge in [0.15, 0.2) is 0 Å². The average Bonchev–Trinajstić information content (AvgIpc) is 3.15. The lowest BCUT2D eigenvalue weighted by Crippen LogP contribution is -2.53. The Morgan fingerprint density at radius 3 is 2.00 bits per heavy atom. The van der Waals surface area contributed by atoms with Crippen molar-refractivity contribution in [3.8, 4) is 0 Å². The van der Waals surface area contributed by atoms with Gasteiger partial charge in [0.1, 0.15) is 0 Å². The molecule has 1 aromatic carbocycles. The maximum absolute atomic E-state index is 12.7. The zero-order valence-electron chi connectivity index (χ0n) is 18.2. The number of hydrogen-bond acceptors (Lipinski definition) is 6. The average molecular weight is 476 g/mol. The van der Waals surface area contributed by atoms with E-state index >= 15 is 0 Å². The van der Waals surface area contributed by atoms with Crippen LogP contribution < -0.4 is 0 Å². The van der Waals surface area contributed by atoms with E-state index in [2.05, 4.69) is 9.80 Å². The summed E-state index contributed by atoms with van der Waals surface area (Å²) in [5.74, 6) is 1.03. The predicted molar refractivity (Wildman–Crippen MR) is 113 cm³/mol. The van der Waals surface area contributed by atoms with Crippen LogP contribution in [0.3, 0.4) is 0 Å². The van der Waals surface area contributed by atoms with Crippen LogP contribution in [0.4, 0.5) is 13.2 Å². The van der Waals surface area contributed by atoms with E-state index < -0.39 is 11.7 Å². The largest absolute Gasteiger partial charge is 0.483 e. The normalized spacial score (nSPS) is 27.9. The number of benzene rings is 1. The molecular formula is C22H31F3N2O6. The number of hydrogen-bond donors (Lipinski definition) is 3. The molecule has 2 aliphatic heterocycles.